The number of hydrogen-bond donors (Lipinski definition) is 1. The molecule has 7 heteroatoms. The van der Waals surface area contributed by atoms with Crippen molar-refractivity contribution in [2.75, 3.05) is 23.3 Å². The normalized spacial score (nSPS) is 10.7. The van der Waals surface area contributed by atoms with Crippen molar-refractivity contribution in [3.63, 3.8) is 0 Å². The van der Waals surface area contributed by atoms with Crippen LogP contribution in [-0.2, 0) is 0 Å². The van der Waals surface area contributed by atoms with E-state index in [2.05, 4.69) is 39.4 Å². The zero-order valence-corrected chi connectivity index (χ0v) is 16.1. The number of rotatable bonds is 6. The molecule has 140 valence electrons. The van der Waals surface area contributed by atoms with Crippen LogP contribution in [-0.4, -0.2) is 39.0 Å². The van der Waals surface area contributed by atoms with E-state index in [0.29, 0.717) is 17.1 Å². The lowest BCUT2D eigenvalue weighted by Gasteiger charge is -2.19. The molecule has 3 rings (SSSR count). The van der Waals surface area contributed by atoms with Crippen molar-refractivity contribution in [2.45, 2.75) is 27.7 Å². The smallest absolute Gasteiger partial charge is 0.278 e. The first-order valence-corrected chi connectivity index (χ1v) is 9.05. The number of nitrogens with zero attached hydrogens (tertiary/aromatic N) is 5. The number of hydrogen-bond acceptors (Lipinski definition) is 5. The average Bonchev–Trinajstić information content (AvgIpc) is 3.05. The number of aryl methyl sites for hydroxylation is 1. The summed E-state index contributed by atoms with van der Waals surface area (Å²) in [4.78, 5) is 19.2. The first kappa shape index (κ1) is 18.6. The summed E-state index contributed by atoms with van der Waals surface area (Å²) < 4.78 is 1.67. The first-order valence-electron chi connectivity index (χ1n) is 9.05. The van der Waals surface area contributed by atoms with Gasteiger partial charge in [0.15, 0.2) is 5.69 Å². The van der Waals surface area contributed by atoms with Crippen LogP contribution in [0.5, 0.6) is 0 Å². The fraction of sp³-hybridized carbons (Fsp3) is 0.300. The number of amides is 1. The lowest BCUT2D eigenvalue weighted by molar-refractivity contribution is 0.102. The van der Waals surface area contributed by atoms with E-state index >= 15 is 0 Å². The van der Waals surface area contributed by atoms with Crippen LogP contribution < -0.4 is 10.2 Å². The summed E-state index contributed by atoms with van der Waals surface area (Å²) in [7, 11) is 0. The average molecular weight is 364 g/mol. The van der Waals surface area contributed by atoms with Crippen LogP contribution in [0.4, 0.5) is 11.5 Å². The summed E-state index contributed by atoms with van der Waals surface area (Å²) in [5.41, 5.74) is 3.60. The molecule has 0 unspecified atom stereocenters. The summed E-state index contributed by atoms with van der Waals surface area (Å²) in [5.74, 6) is 0.586. The Kier molecular flexibility index (Phi) is 5.49. The maximum absolute atomic E-state index is 12.6. The van der Waals surface area contributed by atoms with Gasteiger partial charge in [0.1, 0.15) is 5.82 Å². The van der Waals surface area contributed by atoms with Crippen molar-refractivity contribution in [3.05, 3.63) is 59.5 Å². The lowest BCUT2D eigenvalue weighted by Crippen LogP contribution is -2.23. The second kappa shape index (κ2) is 7.99. The van der Waals surface area contributed by atoms with Crippen LogP contribution in [0.3, 0.4) is 0 Å². The van der Waals surface area contributed by atoms with E-state index in [1.54, 1.807) is 10.9 Å². The molecule has 0 radical (unpaired) electrons. The highest BCUT2D eigenvalue weighted by atomic mass is 16.2. The Morgan fingerprint density at radius 3 is 2.56 bits per heavy atom. The van der Waals surface area contributed by atoms with Crippen molar-refractivity contribution in [1.82, 2.24) is 20.0 Å². The fourth-order valence-electron chi connectivity index (χ4n) is 2.93. The molecule has 0 atom stereocenters. The van der Waals surface area contributed by atoms with Crippen LogP contribution in [0.15, 0.2) is 42.6 Å². The molecule has 3 aromatic rings. The summed E-state index contributed by atoms with van der Waals surface area (Å²) in [6.45, 7) is 9.78. The second-order valence-electron chi connectivity index (χ2n) is 6.31. The van der Waals surface area contributed by atoms with E-state index in [1.165, 1.54) is 0 Å². The van der Waals surface area contributed by atoms with Crippen LogP contribution >= 0.6 is 0 Å². The summed E-state index contributed by atoms with van der Waals surface area (Å²) >= 11 is 0. The Labute approximate surface area is 159 Å². The minimum Gasteiger partial charge on any atom is -0.357 e. The van der Waals surface area contributed by atoms with Gasteiger partial charge in [0, 0.05) is 13.1 Å². The largest absolute Gasteiger partial charge is 0.357 e. The fourth-order valence-corrected chi connectivity index (χ4v) is 2.93. The highest BCUT2D eigenvalue weighted by molar-refractivity contribution is 6.03. The highest BCUT2D eigenvalue weighted by Gasteiger charge is 2.18. The molecule has 0 spiro atoms. The third-order valence-electron chi connectivity index (χ3n) is 4.45. The molecule has 0 saturated carbocycles. The Bertz CT molecular complexity index is 928. The molecular formula is C20H24N6O. The van der Waals surface area contributed by atoms with Gasteiger partial charge < -0.3 is 10.2 Å². The van der Waals surface area contributed by atoms with E-state index in [4.69, 9.17) is 0 Å². The van der Waals surface area contributed by atoms with E-state index in [1.807, 2.05) is 50.2 Å². The number of anilines is 2. The van der Waals surface area contributed by atoms with Crippen molar-refractivity contribution in [2.24, 2.45) is 0 Å². The monoisotopic (exact) mass is 364 g/mol. The van der Waals surface area contributed by atoms with Crippen LogP contribution in [0.25, 0.3) is 5.69 Å². The van der Waals surface area contributed by atoms with Gasteiger partial charge >= 0.3 is 0 Å². The van der Waals surface area contributed by atoms with Gasteiger partial charge in [-0.3, -0.25) is 4.79 Å². The van der Waals surface area contributed by atoms with Gasteiger partial charge in [0.25, 0.3) is 5.91 Å². The molecule has 0 aliphatic carbocycles. The molecule has 7 nitrogen and oxygen atoms in total. The molecule has 0 saturated heterocycles. The molecule has 2 aromatic heterocycles. The van der Waals surface area contributed by atoms with Crippen molar-refractivity contribution < 1.29 is 4.79 Å². The topological polar surface area (TPSA) is 75.9 Å². The standard InChI is InChI=1S/C20H24N6O/c1-5-25(6-2)18-11-10-16(13-21-18)22-20(27)19-15(4)26(24-23-19)17-9-7-8-14(3)12-17/h7-13H,5-6H2,1-4H3,(H,22,27). The Hall–Kier alpha value is -3.22. The van der Waals surface area contributed by atoms with E-state index in [-0.39, 0.29) is 5.91 Å². The molecular weight excluding hydrogens is 340 g/mol. The van der Waals surface area contributed by atoms with Gasteiger partial charge in [-0.2, -0.15) is 0 Å². The van der Waals surface area contributed by atoms with Gasteiger partial charge in [-0.1, -0.05) is 17.3 Å². The third-order valence-corrected chi connectivity index (χ3v) is 4.45. The predicted molar refractivity (Wildman–Crippen MR) is 107 cm³/mol. The molecule has 0 aliphatic heterocycles. The summed E-state index contributed by atoms with van der Waals surface area (Å²) in [6, 6.07) is 11.6. The quantitative estimate of drug-likeness (QED) is 0.726. The number of carbonyl (C=O) groups excluding carboxylic acids is 1. The molecule has 1 N–H and O–H groups in total. The number of nitrogens with one attached hydrogen (secondary N) is 1. The lowest BCUT2D eigenvalue weighted by atomic mass is 10.2. The molecule has 2 heterocycles. The molecule has 0 aliphatic rings. The number of benzene rings is 1. The third kappa shape index (κ3) is 3.97. The minimum atomic E-state index is -0.302. The second-order valence-corrected chi connectivity index (χ2v) is 6.31. The van der Waals surface area contributed by atoms with Crippen LogP contribution in [0.1, 0.15) is 35.6 Å². The first-order chi connectivity index (χ1) is 13.0. The number of pyridine rings is 1. The van der Waals surface area contributed by atoms with E-state index < -0.39 is 0 Å². The SMILES string of the molecule is CCN(CC)c1ccc(NC(=O)c2nnn(-c3cccc(C)c3)c2C)cn1. The van der Waals surface area contributed by atoms with Crippen LogP contribution in [0, 0.1) is 13.8 Å². The highest BCUT2D eigenvalue weighted by Crippen LogP contribution is 2.17. The minimum absolute atomic E-state index is 0.296. The van der Waals surface area contributed by atoms with E-state index in [9.17, 15) is 4.79 Å². The van der Waals surface area contributed by atoms with Crippen molar-refractivity contribution in [3.8, 4) is 5.69 Å². The molecule has 0 fully saturated rings. The van der Waals surface area contributed by atoms with Crippen molar-refractivity contribution >= 4 is 17.4 Å². The maximum Gasteiger partial charge on any atom is 0.278 e. The molecule has 1 aromatic carbocycles. The number of aromatic nitrogens is 4. The Balaban J connectivity index is 1.77. The van der Waals surface area contributed by atoms with Crippen molar-refractivity contribution in [1.29, 1.82) is 0 Å². The maximum atomic E-state index is 12.6. The van der Waals surface area contributed by atoms with Gasteiger partial charge in [-0.15, -0.1) is 5.10 Å². The van der Waals surface area contributed by atoms with E-state index in [0.717, 1.165) is 30.2 Å². The molecule has 1 amide bonds. The van der Waals surface area contributed by atoms with Gasteiger partial charge in [0.2, 0.25) is 0 Å². The zero-order valence-electron chi connectivity index (χ0n) is 16.1. The summed E-state index contributed by atoms with van der Waals surface area (Å²) in [5, 5.41) is 11.0. The summed E-state index contributed by atoms with van der Waals surface area (Å²) in [6.07, 6.45) is 1.66. The number of carbonyl (C=O) groups is 1. The van der Waals surface area contributed by atoms with Gasteiger partial charge in [-0.25, -0.2) is 9.67 Å². The predicted octanol–water partition coefficient (Wildman–Crippen LogP) is 3.38. The molecule has 27 heavy (non-hydrogen) atoms. The Morgan fingerprint density at radius 2 is 1.93 bits per heavy atom. The van der Waals surface area contributed by atoms with Crippen LogP contribution in [0.2, 0.25) is 0 Å². The van der Waals surface area contributed by atoms with Gasteiger partial charge in [0.05, 0.1) is 23.3 Å². The molecule has 0 bridgehead atoms. The Morgan fingerprint density at radius 1 is 1.15 bits per heavy atom. The van der Waals surface area contributed by atoms with Gasteiger partial charge in [-0.05, 0) is 57.5 Å². The zero-order chi connectivity index (χ0) is 19.4.